The minimum absolute atomic E-state index is 0.168. The molecule has 12 heteroatoms. The number of carbonyl (C=O) groups is 1. The van der Waals surface area contributed by atoms with Gasteiger partial charge in [0.25, 0.3) is 5.91 Å². The van der Waals surface area contributed by atoms with Crippen LogP contribution in [-0.4, -0.2) is 72.8 Å². The third kappa shape index (κ3) is 6.90. The summed E-state index contributed by atoms with van der Waals surface area (Å²) in [5, 5.41) is 2.70. The third-order valence-electron chi connectivity index (χ3n) is 4.88. The van der Waals surface area contributed by atoms with Gasteiger partial charge in [0, 0.05) is 18.7 Å². The number of carbonyl (C=O) groups excluding carboxylic acids is 1. The Bertz CT molecular complexity index is 1190. The van der Waals surface area contributed by atoms with Gasteiger partial charge in [0.1, 0.15) is 12.4 Å². The van der Waals surface area contributed by atoms with E-state index in [9.17, 15) is 21.6 Å². The summed E-state index contributed by atoms with van der Waals surface area (Å²) in [5.41, 5.74) is 1.34. The molecule has 3 rings (SSSR count). The first-order valence-electron chi connectivity index (χ1n) is 10.2. The van der Waals surface area contributed by atoms with Crippen LogP contribution in [0.1, 0.15) is 15.9 Å². The van der Waals surface area contributed by atoms with Crippen molar-refractivity contribution in [3.8, 4) is 5.75 Å². The Balaban J connectivity index is 1.51. The fourth-order valence-electron chi connectivity index (χ4n) is 3.15. The first-order chi connectivity index (χ1) is 15.6. The molecular weight excluding hydrogens is 470 g/mol. The van der Waals surface area contributed by atoms with Gasteiger partial charge < -0.3 is 14.8 Å². The number of morpholine rings is 1. The number of hydrogen-bond donors (Lipinski definition) is 2. The van der Waals surface area contributed by atoms with Crippen LogP contribution in [0, 0.1) is 6.92 Å². The van der Waals surface area contributed by atoms with Crippen LogP contribution in [0.4, 0.5) is 5.69 Å². The van der Waals surface area contributed by atoms with Crippen molar-refractivity contribution in [3.63, 3.8) is 0 Å². The normalized spacial score (nSPS) is 15.1. The average molecular weight is 498 g/mol. The number of sulfonamides is 2. The zero-order chi connectivity index (χ0) is 24.1. The second kappa shape index (κ2) is 10.5. The van der Waals surface area contributed by atoms with E-state index in [-0.39, 0.29) is 24.0 Å². The van der Waals surface area contributed by atoms with Crippen molar-refractivity contribution in [2.24, 2.45) is 0 Å². The van der Waals surface area contributed by atoms with Gasteiger partial charge in [-0.3, -0.25) is 9.52 Å². The van der Waals surface area contributed by atoms with E-state index in [2.05, 4.69) is 10.0 Å². The molecule has 1 aliphatic heterocycles. The molecule has 1 aliphatic rings. The summed E-state index contributed by atoms with van der Waals surface area (Å²) in [6.45, 7) is 3.52. The Kier molecular flexibility index (Phi) is 7.95. The van der Waals surface area contributed by atoms with Crippen LogP contribution in [0.25, 0.3) is 0 Å². The summed E-state index contributed by atoms with van der Waals surface area (Å²) in [5.74, 6) is 0.0993. The van der Waals surface area contributed by atoms with Gasteiger partial charge in [-0.2, -0.15) is 4.31 Å². The topological polar surface area (TPSA) is 131 Å². The second-order valence-corrected chi connectivity index (χ2v) is 11.2. The number of anilines is 1. The number of aryl methyl sites for hydroxylation is 1. The summed E-state index contributed by atoms with van der Waals surface area (Å²) >= 11 is 0. The smallest absolute Gasteiger partial charge is 0.251 e. The lowest BCUT2D eigenvalue weighted by Gasteiger charge is -2.26. The SMILES string of the molecule is Cc1ccc(C(=O)NCCOc2ccc(S(=O)(=O)N3CCOCC3)cc2)cc1NS(C)(=O)=O. The van der Waals surface area contributed by atoms with Crippen molar-refractivity contribution in [2.45, 2.75) is 11.8 Å². The Morgan fingerprint density at radius 2 is 1.73 bits per heavy atom. The highest BCUT2D eigenvalue weighted by atomic mass is 32.2. The zero-order valence-electron chi connectivity index (χ0n) is 18.4. The number of benzene rings is 2. The van der Waals surface area contributed by atoms with Crippen LogP contribution >= 0.6 is 0 Å². The maximum Gasteiger partial charge on any atom is 0.251 e. The minimum Gasteiger partial charge on any atom is -0.492 e. The molecule has 1 saturated heterocycles. The highest BCUT2D eigenvalue weighted by molar-refractivity contribution is 7.92. The number of nitrogens with one attached hydrogen (secondary N) is 2. The van der Waals surface area contributed by atoms with Gasteiger partial charge in [-0.15, -0.1) is 0 Å². The molecule has 0 aliphatic carbocycles. The molecule has 0 spiro atoms. The van der Waals surface area contributed by atoms with Gasteiger partial charge in [-0.25, -0.2) is 16.8 Å². The first-order valence-corrected chi connectivity index (χ1v) is 13.6. The van der Waals surface area contributed by atoms with Gasteiger partial charge in [0.05, 0.1) is 36.6 Å². The lowest BCUT2D eigenvalue weighted by atomic mass is 10.1. The van der Waals surface area contributed by atoms with E-state index >= 15 is 0 Å². The molecule has 1 heterocycles. The van der Waals surface area contributed by atoms with Crippen molar-refractivity contribution in [1.82, 2.24) is 9.62 Å². The van der Waals surface area contributed by atoms with Crippen LogP contribution < -0.4 is 14.8 Å². The molecule has 0 bridgehead atoms. The molecule has 1 fully saturated rings. The maximum absolute atomic E-state index is 12.6. The average Bonchev–Trinajstić information content (AvgIpc) is 2.78. The van der Waals surface area contributed by atoms with Gasteiger partial charge in [-0.1, -0.05) is 6.07 Å². The number of amides is 1. The van der Waals surface area contributed by atoms with Gasteiger partial charge >= 0.3 is 0 Å². The first kappa shape index (κ1) is 25.0. The molecule has 2 aromatic rings. The molecular formula is C21H27N3O7S2. The molecule has 33 heavy (non-hydrogen) atoms. The van der Waals surface area contributed by atoms with Crippen LogP contribution in [0.5, 0.6) is 5.75 Å². The third-order valence-corrected chi connectivity index (χ3v) is 7.39. The summed E-state index contributed by atoms with van der Waals surface area (Å²) in [4.78, 5) is 12.5. The quantitative estimate of drug-likeness (QED) is 0.498. The Labute approximate surface area is 194 Å². The Morgan fingerprint density at radius 3 is 2.36 bits per heavy atom. The van der Waals surface area contributed by atoms with Crippen molar-refractivity contribution in [1.29, 1.82) is 0 Å². The summed E-state index contributed by atoms with van der Waals surface area (Å²) in [6, 6.07) is 10.8. The summed E-state index contributed by atoms with van der Waals surface area (Å²) in [7, 11) is -7.03. The zero-order valence-corrected chi connectivity index (χ0v) is 20.0. The van der Waals surface area contributed by atoms with E-state index in [1.165, 1.54) is 22.5 Å². The molecule has 10 nitrogen and oxygen atoms in total. The largest absolute Gasteiger partial charge is 0.492 e. The molecule has 0 unspecified atom stereocenters. The highest BCUT2D eigenvalue weighted by Gasteiger charge is 2.26. The number of ether oxygens (including phenoxy) is 2. The second-order valence-electron chi connectivity index (χ2n) is 7.50. The summed E-state index contributed by atoms with van der Waals surface area (Å²) in [6.07, 6.45) is 1.04. The van der Waals surface area contributed by atoms with Crippen molar-refractivity contribution in [3.05, 3.63) is 53.6 Å². The van der Waals surface area contributed by atoms with Crippen LogP contribution in [0.2, 0.25) is 0 Å². The van der Waals surface area contributed by atoms with E-state index in [4.69, 9.17) is 9.47 Å². The predicted molar refractivity (Wildman–Crippen MR) is 123 cm³/mol. The number of hydrogen-bond acceptors (Lipinski definition) is 7. The highest BCUT2D eigenvalue weighted by Crippen LogP contribution is 2.21. The number of nitrogens with zero attached hydrogens (tertiary/aromatic N) is 1. The van der Waals surface area contributed by atoms with Gasteiger partial charge in [0.15, 0.2) is 0 Å². The molecule has 180 valence electrons. The standard InChI is InChI=1S/C21H27N3O7S2/c1-16-3-4-17(15-20(16)23-32(2,26)27)21(25)22-9-12-31-18-5-7-19(8-6-18)33(28,29)24-10-13-30-14-11-24/h3-8,15,23H,9-14H2,1-2H3,(H,22,25). The summed E-state index contributed by atoms with van der Waals surface area (Å²) < 4.78 is 62.8. The minimum atomic E-state index is -3.57. The van der Waals surface area contributed by atoms with Crippen LogP contribution in [0.3, 0.4) is 0 Å². The molecule has 1 amide bonds. The van der Waals surface area contributed by atoms with Gasteiger partial charge in [0.2, 0.25) is 20.0 Å². The monoisotopic (exact) mass is 497 g/mol. The lowest BCUT2D eigenvalue weighted by molar-refractivity contribution is 0.0730. The molecule has 0 aromatic heterocycles. The molecule has 0 saturated carbocycles. The van der Waals surface area contributed by atoms with Crippen LogP contribution in [0.15, 0.2) is 47.4 Å². The molecule has 0 atom stereocenters. The fourth-order valence-corrected chi connectivity index (χ4v) is 5.18. The Morgan fingerprint density at radius 1 is 1.06 bits per heavy atom. The molecule has 0 radical (unpaired) electrons. The predicted octanol–water partition coefficient (Wildman–Crippen LogP) is 1.20. The number of rotatable bonds is 9. The van der Waals surface area contributed by atoms with E-state index in [0.717, 1.165) is 6.26 Å². The van der Waals surface area contributed by atoms with Crippen LogP contribution in [-0.2, 0) is 24.8 Å². The van der Waals surface area contributed by atoms with Crippen molar-refractivity contribution in [2.75, 3.05) is 50.4 Å². The molecule has 2 aromatic carbocycles. The van der Waals surface area contributed by atoms with Crippen molar-refractivity contribution >= 4 is 31.6 Å². The van der Waals surface area contributed by atoms with E-state index in [1.54, 1.807) is 31.2 Å². The molecule has 2 N–H and O–H groups in total. The lowest BCUT2D eigenvalue weighted by Crippen LogP contribution is -2.40. The van der Waals surface area contributed by atoms with E-state index in [1.807, 2.05) is 0 Å². The van der Waals surface area contributed by atoms with Crippen molar-refractivity contribution < 1.29 is 31.1 Å². The maximum atomic E-state index is 12.6. The van der Waals surface area contributed by atoms with E-state index < -0.39 is 20.0 Å². The Hall–Kier alpha value is -2.67. The van der Waals surface area contributed by atoms with E-state index in [0.29, 0.717) is 48.9 Å². The van der Waals surface area contributed by atoms with Gasteiger partial charge in [-0.05, 0) is 48.9 Å². The fraction of sp³-hybridized carbons (Fsp3) is 0.381.